The monoisotopic (exact) mass is 328 g/mol. The molecule has 2 N–H and O–H groups in total. The Morgan fingerprint density at radius 1 is 1.32 bits per heavy atom. The zero-order valence-corrected chi connectivity index (χ0v) is 13.6. The van der Waals surface area contributed by atoms with E-state index in [1.165, 1.54) is 0 Å². The van der Waals surface area contributed by atoms with Crippen molar-refractivity contribution in [1.82, 2.24) is 0 Å². The van der Waals surface area contributed by atoms with Gasteiger partial charge in [0.25, 0.3) is 0 Å². The third-order valence-electron chi connectivity index (χ3n) is 2.72. The Kier molecular flexibility index (Phi) is 6.81. The summed E-state index contributed by atoms with van der Waals surface area (Å²) in [5.74, 6) is -0.0160. The Balaban J connectivity index is 2.53. The number of carbonyl (C=O) groups is 1. The van der Waals surface area contributed by atoms with Gasteiger partial charge in [0, 0.05) is 17.6 Å². The molecule has 0 heterocycles. The first-order chi connectivity index (χ1) is 10.2. The second kappa shape index (κ2) is 8.13. The molecule has 122 valence electrons. The van der Waals surface area contributed by atoms with Gasteiger partial charge in [-0.2, -0.15) is 0 Å². The van der Waals surface area contributed by atoms with Gasteiger partial charge in [0.15, 0.2) is 0 Å². The minimum Gasteiger partial charge on any atom is -0.493 e. The van der Waals surface area contributed by atoms with E-state index in [2.05, 4.69) is 6.58 Å². The number of aryl methyl sites for hydroxylation is 1. The van der Waals surface area contributed by atoms with Crippen molar-refractivity contribution in [3.63, 3.8) is 0 Å². The maximum absolute atomic E-state index is 11.2. The van der Waals surface area contributed by atoms with Crippen LogP contribution in [-0.4, -0.2) is 29.0 Å². The van der Waals surface area contributed by atoms with Gasteiger partial charge in [0.05, 0.1) is 19.4 Å². The van der Waals surface area contributed by atoms with Crippen molar-refractivity contribution < 1.29 is 28.6 Å². The molecule has 0 amide bonds. The molecule has 1 aromatic carbocycles. The molecule has 0 aliphatic rings. The van der Waals surface area contributed by atoms with Crippen LogP contribution in [-0.2, 0) is 20.3 Å². The Morgan fingerprint density at radius 3 is 2.59 bits per heavy atom. The van der Waals surface area contributed by atoms with Crippen molar-refractivity contribution in [3.05, 3.63) is 41.5 Å². The van der Waals surface area contributed by atoms with E-state index in [9.17, 15) is 9.36 Å². The van der Waals surface area contributed by atoms with E-state index in [-0.39, 0.29) is 19.4 Å². The number of esters is 1. The molecule has 22 heavy (non-hydrogen) atoms. The average molecular weight is 328 g/mol. The summed E-state index contributed by atoms with van der Waals surface area (Å²) in [5.41, 5.74) is 1.70. The van der Waals surface area contributed by atoms with Crippen LogP contribution >= 0.6 is 7.60 Å². The predicted molar refractivity (Wildman–Crippen MR) is 82.8 cm³/mol. The van der Waals surface area contributed by atoms with Gasteiger partial charge in [-0.05, 0) is 19.9 Å². The van der Waals surface area contributed by atoms with E-state index in [4.69, 9.17) is 19.3 Å². The molecule has 7 heteroatoms. The van der Waals surface area contributed by atoms with Crippen LogP contribution in [0.4, 0.5) is 0 Å². The number of hydrogen-bond donors (Lipinski definition) is 2. The van der Waals surface area contributed by atoms with Crippen molar-refractivity contribution in [3.8, 4) is 5.75 Å². The Morgan fingerprint density at radius 2 is 2.00 bits per heavy atom. The van der Waals surface area contributed by atoms with Gasteiger partial charge >= 0.3 is 13.6 Å². The molecule has 0 unspecified atom stereocenters. The van der Waals surface area contributed by atoms with Crippen LogP contribution in [0.2, 0.25) is 0 Å². The molecule has 0 radical (unpaired) electrons. The first-order valence-corrected chi connectivity index (χ1v) is 8.58. The van der Waals surface area contributed by atoms with Crippen LogP contribution in [0.3, 0.4) is 0 Å². The highest BCUT2D eigenvalue weighted by atomic mass is 31.2. The third-order valence-corrected chi connectivity index (χ3v) is 3.47. The van der Waals surface area contributed by atoms with E-state index in [1.807, 2.05) is 6.92 Å². The number of hydrogen-bond acceptors (Lipinski definition) is 4. The lowest BCUT2D eigenvalue weighted by atomic mass is 10.1. The minimum atomic E-state index is -4.16. The highest BCUT2D eigenvalue weighted by Crippen LogP contribution is 2.41. The lowest BCUT2D eigenvalue weighted by Gasteiger charge is -2.13. The molecule has 0 aliphatic carbocycles. The van der Waals surface area contributed by atoms with Gasteiger partial charge in [-0.1, -0.05) is 24.3 Å². The maximum atomic E-state index is 11.2. The Bertz CT molecular complexity index is 590. The van der Waals surface area contributed by atoms with Crippen LogP contribution in [0.5, 0.6) is 5.75 Å². The van der Waals surface area contributed by atoms with E-state index in [0.29, 0.717) is 23.3 Å². The Hall–Kier alpha value is -1.62. The van der Waals surface area contributed by atoms with Gasteiger partial charge in [-0.15, -0.1) is 0 Å². The van der Waals surface area contributed by atoms with Crippen LogP contribution < -0.4 is 4.74 Å². The number of ether oxygens (including phenoxy) is 2. The summed E-state index contributed by atoms with van der Waals surface area (Å²) >= 11 is 0. The molecule has 0 saturated heterocycles. The third kappa shape index (κ3) is 6.89. The fraction of sp³-hybridized carbons (Fsp3) is 0.400. The standard InChI is InChI=1S/C15H21O6P/c1-11(2)15(16)21-8-4-7-20-14-6-5-12(3)9-13(14)10-22(17,18)19/h5-6,9H,1,4,7-8,10H2,2-3H3,(H2,17,18,19). The summed E-state index contributed by atoms with van der Waals surface area (Å²) < 4.78 is 21.6. The molecule has 0 saturated carbocycles. The molecule has 0 aliphatic heterocycles. The molecule has 6 nitrogen and oxygen atoms in total. The van der Waals surface area contributed by atoms with Gasteiger partial charge in [0.1, 0.15) is 5.75 Å². The van der Waals surface area contributed by atoms with Crippen LogP contribution in [0, 0.1) is 6.92 Å². The second-order valence-corrected chi connectivity index (χ2v) is 6.70. The smallest absolute Gasteiger partial charge is 0.333 e. The zero-order chi connectivity index (χ0) is 16.8. The molecule has 0 bridgehead atoms. The average Bonchev–Trinajstić information content (AvgIpc) is 2.38. The van der Waals surface area contributed by atoms with Crippen LogP contribution in [0.1, 0.15) is 24.5 Å². The quantitative estimate of drug-likeness (QED) is 0.330. The molecule has 1 aromatic rings. The first-order valence-electron chi connectivity index (χ1n) is 6.78. The van der Waals surface area contributed by atoms with Gasteiger partial charge in [-0.25, -0.2) is 4.79 Å². The summed E-state index contributed by atoms with van der Waals surface area (Å²) in [7, 11) is -4.16. The van der Waals surface area contributed by atoms with E-state index in [1.54, 1.807) is 25.1 Å². The molecule has 0 aromatic heterocycles. The van der Waals surface area contributed by atoms with Crippen molar-refractivity contribution in [2.45, 2.75) is 26.4 Å². The molecular weight excluding hydrogens is 307 g/mol. The molecule has 0 fully saturated rings. The van der Waals surface area contributed by atoms with E-state index >= 15 is 0 Å². The lowest BCUT2D eigenvalue weighted by Crippen LogP contribution is -2.09. The van der Waals surface area contributed by atoms with Gasteiger partial charge in [-0.3, -0.25) is 4.57 Å². The van der Waals surface area contributed by atoms with Gasteiger partial charge in [0.2, 0.25) is 0 Å². The minimum absolute atomic E-state index is 0.200. The summed E-state index contributed by atoms with van der Waals surface area (Å²) in [5, 5.41) is 0. The van der Waals surface area contributed by atoms with E-state index in [0.717, 1.165) is 5.56 Å². The number of rotatable bonds is 8. The van der Waals surface area contributed by atoms with Crippen LogP contribution in [0.25, 0.3) is 0 Å². The van der Waals surface area contributed by atoms with Crippen molar-refractivity contribution in [2.24, 2.45) is 0 Å². The number of benzene rings is 1. The second-order valence-electron chi connectivity index (χ2n) is 5.05. The molecular formula is C15H21O6P. The molecule has 0 spiro atoms. The SMILES string of the molecule is C=C(C)C(=O)OCCCOc1ccc(C)cc1CP(=O)(O)O. The van der Waals surface area contributed by atoms with Crippen molar-refractivity contribution >= 4 is 13.6 Å². The fourth-order valence-corrected chi connectivity index (χ4v) is 2.41. The summed E-state index contributed by atoms with van der Waals surface area (Å²) in [6, 6.07) is 5.18. The fourth-order valence-electron chi connectivity index (χ4n) is 1.72. The molecule has 0 atom stereocenters. The first kappa shape index (κ1) is 18.4. The maximum Gasteiger partial charge on any atom is 0.333 e. The topological polar surface area (TPSA) is 93.1 Å². The largest absolute Gasteiger partial charge is 0.493 e. The van der Waals surface area contributed by atoms with Gasteiger partial charge < -0.3 is 19.3 Å². The lowest BCUT2D eigenvalue weighted by molar-refractivity contribution is -0.139. The highest BCUT2D eigenvalue weighted by Gasteiger charge is 2.17. The predicted octanol–water partition coefficient (Wildman–Crippen LogP) is 2.56. The highest BCUT2D eigenvalue weighted by molar-refractivity contribution is 7.50. The summed E-state index contributed by atoms with van der Waals surface area (Å²) in [4.78, 5) is 29.4. The Labute approximate surface area is 129 Å². The summed E-state index contributed by atoms with van der Waals surface area (Å²) in [6.45, 7) is 7.36. The van der Waals surface area contributed by atoms with Crippen molar-refractivity contribution in [2.75, 3.05) is 13.2 Å². The van der Waals surface area contributed by atoms with Crippen LogP contribution in [0.15, 0.2) is 30.4 Å². The molecule has 1 rings (SSSR count). The zero-order valence-electron chi connectivity index (χ0n) is 12.7. The number of carbonyl (C=O) groups excluding carboxylic acids is 1. The van der Waals surface area contributed by atoms with E-state index < -0.39 is 13.6 Å². The normalized spacial score (nSPS) is 11.1. The van der Waals surface area contributed by atoms with Crippen molar-refractivity contribution in [1.29, 1.82) is 0 Å². The summed E-state index contributed by atoms with van der Waals surface area (Å²) in [6.07, 6.45) is 0.108.